The van der Waals surface area contributed by atoms with E-state index in [9.17, 15) is 14.0 Å². The van der Waals surface area contributed by atoms with Gasteiger partial charge in [0, 0.05) is 18.4 Å². The molecular weight excluding hydrogens is 283 g/mol. The molecule has 110 valence electrons. The smallest absolute Gasteiger partial charge is 0.226 e. The van der Waals surface area contributed by atoms with E-state index in [1.807, 2.05) is 0 Å². The molecule has 0 aliphatic carbocycles. The van der Waals surface area contributed by atoms with Crippen molar-refractivity contribution in [2.24, 2.45) is 5.41 Å². The Morgan fingerprint density at radius 2 is 1.95 bits per heavy atom. The van der Waals surface area contributed by atoms with Crippen LogP contribution >= 0.6 is 11.6 Å². The van der Waals surface area contributed by atoms with Crippen LogP contribution in [0.4, 0.5) is 10.1 Å². The van der Waals surface area contributed by atoms with Crippen LogP contribution in [0.2, 0.25) is 5.02 Å². The van der Waals surface area contributed by atoms with Crippen molar-refractivity contribution in [3.8, 4) is 0 Å². The molecule has 6 heteroatoms. The zero-order valence-corrected chi connectivity index (χ0v) is 12.5. The van der Waals surface area contributed by atoms with E-state index in [1.54, 1.807) is 26.8 Å². The minimum absolute atomic E-state index is 0.0321. The number of carbonyl (C=O) groups excluding carboxylic acids is 2. The number of hydrogen-bond donors (Lipinski definition) is 2. The van der Waals surface area contributed by atoms with Gasteiger partial charge in [0.05, 0.1) is 10.7 Å². The lowest BCUT2D eigenvalue weighted by Crippen LogP contribution is -2.36. The van der Waals surface area contributed by atoms with Crippen LogP contribution in [-0.4, -0.2) is 18.4 Å². The number of amides is 2. The highest BCUT2D eigenvalue weighted by molar-refractivity contribution is 6.31. The van der Waals surface area contributed by atoms with Crippen molar-refractivity contribution >= 4 is 29.1 Å². The predicted octanol–water partition coefficient (Wildman–Crippen LogP) is 2.97. The summed E-state index contributed by atoms with van der Waals surface area (Å²) in [6.45, 7) is 5.54. The molecule has 0 atom stereocenters. The average molecular weight is 301 g/mol. The molecule has 0 aliphatic heterocycles. The molecule has 1 rings (SSSR count). The van der Waals surface area contributed by atoms with Crippen molar-refractivity contribution < 1.29 is 14.0 Å². The summed E-state index contributed by atoms with van der Waals surface area (Å²) in [5, 5.41) is 5.01. The zero-order chi connectivity index (χ0) is 15.3. The van der Waals surface area contributed by atoms with Crippen molar-refractivity contribution in [3.05, 3.63) is 29.0 Å². The Labute approximate surface area is 122 Å². The first-order chi connectivity index (χ1) is 9.21. The molecule has 0 aliphatic rings. The first kappa shape index (κ1) is 16.4. The first-order valence-electron chi connectivity index (χ1n) is 6.24. The molecule has 0 saturated heterocycles. The number of anilines is 1. The molecule has 0 saturated carbocycles. The number of hydrogen-bond acceptors (Lipinski definition) is 2. The van der Waals surface area contributed by atoms with E-state index in [4.69, 9.17) is 11.6 Å². The summed E-state index contributed by atoms with van der Waals surface area (Å²) in [6, 6.07) is 4.37. The molecule has 0 bridgehead atoms. The van der Waals surface area contributed by atoms with Crippen molar-refractivity contribution in [1.29, 1.82) is 0 Å². The largest absolute Gasteiger partial charge is 0.355 e. The van der Waals surface area contributed by atoms with Crippen molar-refractivity contribution in [3.63, 3.8) is 0 Å². The fourth-order valence-electron chi connectivity index (χ4n) is 1.37. The molecule has 20 heavy (non-hydrogen) atoms. The van der Waals surface area contributed by atoms with Gasteiger partial charge in [0.25, 0.3) is 0 Å². The maximum Gasteiger partial charge on any atom is 0.226 e. The maximum absolute atomic E-state index is 13.6. The normalized spacial score (nSPS) is 11.1. The number of benzene rings is 1. The van der Waals surface area contributed by atoms with Crippen LogP contribution in [0.25, 0.3) is 0 Å². The number of rotatable bonds is 4. The van der Waals surface area contributed by atoms with Gasteiger partial charge in [-0.05, 0) is 12.1 Å². The number of halogens is 2. The van der Waals surface area contributed by atoms with Crippen molar-refractivity contribution in [2.75, 3.05) is 11.9 Å². The molecular formula is C14H18ClFN2O2. The standard InChI is InChI=1S/C14H18ClFN2O2/c1-14(2,3)13(20)17-8-7-11(19)18-10-6-4-5-9(15)12(10)16/h4-6H,7-8H2,1-3H3,(H,17,20)(H,18,19). The SMILES string of the molecule is CC(C)(C)C(=O)NCCC(=O)Nc1cccc(Cl)c1F. The number of carbonyl (C=O) groups is 2. The lowest BCUT2D eigenvalue weighted by molar-refractivity contribution is -0.128. The van der Waals surface area contributed by atoms with Gasteiger partial charge in [-0.25, -0.2) is 4.39 Å². The summed E-state index contributed by atoms with van der Waals surface area (Å²) < 4.78 is 13.6. The minimum Gasteiger partial charge on any atom is -0.355 e. The van der Waals surface area contributed by atoms with Gasteiger partial charge in [-0.15, -0.1) is 0 Å². The Balaban J connectivity index is 2.45. The monoisotopic (exact) mass is 300 g/mol. The van der Waals surface area contributed by atoms with E-state index < -0.39 is 11.2 Å². The van der Waals surface area contributed by atoms with E-state index in [0.717, 1.165) is 0 Å². The van der Waals surface area contributed by atoms with Gasteiger partial charge in [0.2, 0.25) is 11.8 Å². The van der Waals surface area contributed by atoms with E-state index >= 15 is 0 Å². The summed E-state index contributed by atoms with van der Waals surface area (Å²) in [6.07, 6.45) is 0.0633. The fourth-order valence-corrected chi connectivity index (χ4v) is 1.54. The third-order valence-electron chi connectivity index (χ3n) is 2.54. The fraction of sp³-hybridized carbons (Fsp3) is 0.429. The Kier molecular flexibility index (Phi) is 5.51. The molecule has 1 aromatic rings. The topological polar surface area (TPSA) is 58.2 Å². The zero-order valence-electron chi connectivity index (χ0n) is 11.7. The van der Waals surface area contributed by atoms with Gasteiger partial charge in [-0.2, -0.15) is 0 Å². The van der Waals surface area contributed by atoms with Crippen LogP contribution in [0, 0.1) is 11.2 Å². The second-order valence-electron chi connectivity index (χ2n) is 5.41. The molecule has 4 nitrogen and oxygen atoms in total. The van der Waals surface area contributed by atoms with E-state index in [1.165, 1.54) is 12.1 Å². The van der Waals surface area contributed by atoms with E-state index in [2.05, 4.69) is 10.6 Å². The summed E-state index contributed by atoms with van der Waals surface area (Å²) in [4.78, 5) is 23.2. The van der Waals surface area contributed by atoms with Gasteiger partial charge >= 0.3 is 0 Å². The molecule has 0 fully saturated rings. The third-order valence-corrected chi connectivity index (χ3v) is 2.84. The lowest BCUT2D eigenvalue weighted by atomic mass is 9.96. The highest BCUT2D eigenvalue weighted by Crippen LogP contribution is 2.21. The summed E-state index contributed by atoms with van der Waals surface area (Å²) in [5.74, 6) is -1.19. The lowest BCUT2D eigenvalue weighted by Gasteiger charge is -2.17. The van der Waals surface area contributed by atoms with Crippen LogP contribution in [0.5, 0.6) is 0 Å². The van der Waals surface area contributed by atoms with Crippen LogP contribution in [0.1, 0.15) is 27.2 Å². The summed E-state index contributed by atoms with van der Waals surface area (Å²) in [5.41, 5.74) is -0.472. The van der Waals surface area contributed by atoms with Gasteiger partial charge in [0.1, 0.15) is 0 Å². The summed E-state index contributed by atoms with van der Waals surface area (Å²) >= 11 is 5.61. The van der Waals surface area contributed by atoms with E-state index in [-0.39, 0.29) is 35.5 Å². The molecule has 0 radical (unpaired) electrons. The van der Waals surface area contributed by atoms with Crippen LogP contribution < -0.4 is 10.6 Å². The Morgan fingerprint density at radius 3 is 2.55 bits per heavy atom. The highest BCUT2D eigenvalue weighted by Gasteiger charge is 2.20. The third kappa shape index (κ3) is 4.81. The molecule has 2 amide bonds. The Hall–Kier alpha value is -1.62. The van der Waals surface area contributed by atoms with Gasteiger partial charge in [-0.3, -0.25) is 9.59 Å². The first-order valence-corrected chi connectivity index (χ1v) is 6.62. The summed E-state index contributed by atoms with van der Waals surface area (Å²) in [7, 11) is 0. The number of nitrogens with one attached hydrogen (secondary N) is 2. The highest BCUT2D eigenvalue weighted by atomic mass is 35.5. The van der Waals surface area contributed by atoms with Crippen molar-refractivity contribution in [2.45, 2.75) is 27.2 Å². The molecule has 0 spiro atoms. The quantitative estimate of drug-likeness (QED) is 0.898. The minimum atomic E-state index is -0.666. The Bertz CT molecular complexity index is 512. The van der Waals surface area contributed by atoms with E-state index in [0.29, 0.717) is 0 Å². The van der Waals surface area contributed by atoms with Crippen LogP contribution in [0.3, 0.4) is 0 Å². The molecule has 2 N–H and O–H groups in total. The van der Waals surface area contributed by atoms with Gasteiger partial charge < -0.3 is 10.6 Å². The molecule has 1 aromatic carbocycles. The second kappa shape index (κ2) is 6.70. The maximum atomic E-state index is 13.6. The second-order valence-corrected chi connectivity index (χ2v) is 5.81. The molecule has 0 aromatic heterocycles. The van der Waals surface area contributed by atoms with Gasteiger partial charge in [-0.1, -0.05) is 38.4 Å². The molecule has 0 unspecified atom stereocenters. The predicted molar refractivity (Wildman–Crippen MR) is 77.1 cm³/mol. The van der Waals surface area contributed by atoms with Crippen molar-refractivity contribution in [1.82, 2.24) is 5.32 Å². The molecule has 0 heterocycles. The van der Waals surface area contributed by atoms with Gasteiger partial charge in [0.15, 0.2) is 5.82 Å². The van der Waals surface area contributed by atoms with Crippen LogP contribution in [0.15, 0.2) is 18.2 Å². The average Bonchev–Trinajstić information content (AvgIpc) is 2.33. The van der Waals surface area contributed by atoms with Crippen LogP contribution in [-0.2, 0) is 9.59 Å². The Morgan fingerprint density at radius 1 is 1.30 bits per heavy atom.